The Morgan fingerprint density at radius 2 is 2.05 bits per heavy atom. The van der Waals surface area contributed by atoms with Crippen molar-refractivity contribution in [2.75, 3.05) is 17.2 Å². The molecule has 0 radical (unpaired) electrons. The summed E-state index contributed by atoms with van der Waals surface area (Å²) < 4.78 is 39.5. The lowest BCUT2D eigenvalue weighted by Gasteiger charge is -2.23. The fraction of sp³-hybridized carbons (Fsp3) is 0.455. The highest BCUT2D eigenvalue weighted by Crippen LogP contribution is 2.33. The van der Waals surface area contributed by atoms with Crippen molar-refractivity contribution < 1.29 is 13.2 Å². The summed E-state index contributed by atoms with van der Waals surface area (Å²) in [4.78, 5) is 16.8. The molecule has 2 heterocycles. The Bertz CT molecular complexity index is 621. The molecule has 1 aliphatic carbocycles. The number of anilines is 2. The van der Waals surface area contributed by atoms with Crippen LogP contribution >= 0.6 is 0 Å². The average Bonchev–Trinajstić information content (AvgIpc) is 3.08. The van der Waals surface area contributed by atoms with E-state index in [1.165, 1.54) is 17.1 Å². The van der Waals surface area contributed by atoms with Crippen molar-refractivity contribution in [3.05, 3.63) is 18.7 Å². The number of aromatic nitrogens is 5. The zero-order valence-electron chi connectivity index (χ0n) is 10.8. The lowest BCUT2D eigenvalue weighted by atomic mass is 10.4. The maximum absolute atomic E-state index is 12.7. The largest absolute Gasteiger partial charge is 0.406 e. The Kier molecular flexibility index (Phi) is 3.15. The minimum absolute atomic E-state index is 0.0639. The molecular formula is C11H12F3N7. The van der Waals surface area contributed by atoms with Crippen LogP contribution in [0.2, 0.25) is 0 Å². The monoisotopic (exact) mass is 299 g/mol. The number of alkyl halides is 3. The number of rotatable bonds is 4. The summed E-state index contributed by atoms with van der Waals surface area (Å²) in [6, 6.07) is -0.205. The third kappa shape index (κ3) is 3.20. The van der Waals surface area contributed by atoms with E-state index in [0.29, 0.717) is 12.8 Å². The minimum Gasteiger partial charge on any atom is -0.368 e. The predicted molar refractivity (Wildman–Crippen MR) is 67.8 cm³/mol. The van der Waals surface area contributed by atoms with Gasteiger partial charge in [0.25, 0.3) is 0 Å². The Hall–Kier alpha value is -2.39. The molecule has 1 aliphatic rings. The Morgan fingerprint density at radius 1 is 1.29 bits per heavy atom. The van der Waals surface area contributed by atoms with Gasteiger partial charge in [-0.05, 0) is 12.8 Å². The zero-order chi connectivity index (χ0) is 15.0. The molecule has 0 spiro atoms. The van der Waals surface area contributed by atoms with Gasteiger partial charge in [0.1, 0.15) is 12.9 Å². The van der Waals surface area contributed by atoms with Crippen molar-refractivity contribution in [1.29, 1.82) is 0 Å². The second kappa shape index (κ2) is 4.86. The van der Waals surface area contributed by atoms with Crippen molar-refractivity contribution in [1.82, 2.24) is 24.5 Å². The molecule has 0 saturated heterocycles. The standard InChI is InChI=1S/C11H12F3N7/c12-11(13,14)5-21(7-1-2-7)10-18-8(15)17-9(19-10)20-4-3-16-6-20/h3-4,6-7H,1-2,5H2,(H2,15,17,18,19). The molecule has 0 amide bonds. The molecule has 2 aromatic heterocycles. The van der Waals surface area contributed by atoms with E-state index in [4.69, 9.17) is 5.73 Å². The smallest absolute Gasteiger partial charge is 0.368 e. The Morgan fingerprint density at radius 3 is 2.62 bits per heavy atom. The number of hydrogen-bond donors (Lipinski definition) is 1. The van der Waals surface area contributed by atoms with Crippen LogP contribution in [0.5, 0.6) is 0 Å². The van der Waals surface area contributed by atoms with Gasteiger partial charge in [0.05, 0.1) is 0 Å². The molecule has 2 aromatic rings. The third-order valence-electron chi connectivity index (χ3n) is 2.96. The number of imidazole rings is 1. The van der Waals surface area contributed by atoms with E-state index < -0.39 is 12.7 Å². The molecule has 0 aromatic carbocycles. The van der Waals surface area contributed by atoms with Gasteiger partial charge in [0.2, 0.25) is 17.8 Å². The topological polar surface area (TPSA) is 85.8 Å². The highest BCUT2D eigenvalue weighted by molar-refractivity contribution is 5.40. The summed E-state index contributed by atoms with van der Waals surface area (Å²) in [7, 11) is 0. The lowest BCUT2D eigenvalue weighted by molar-refractivity contribution is -0.120. The van der Waals surface area contributed by atoms with Gasteiger partial charge in [-0.2, -0.15) is 28.1 Å². The molecule has 0 bridgehead atoms. The van der Waals surface area contributed by atoms with E-state index in [0.717, 1.165) is 4.90 Å². The van der Waals surface area contributed by atoms with Gasteiger partial charge in [0, 0.05) is 18.4 Å². The van der Waals surface area contributed by atoms with Crippen LogP contribution in [0, 0.1) is 0 Å². The molecule has 1 saturated carbocycles. The summed E-state index contributed by atoms with van der Waals surface area (Å²) in [5.74, 6) is -0.0506. The quantitative estimate of drug-likeness (QED) is 0.912. The molecule has 21 heavy (non-hydrogen) atoms. The van der Waals surface area contributed by atoms with Crippen LogP contribution in [0.15, 0.2) is 18.7 Å². The van der Waals surface area contributed by atoms with E-state index in [2.05, 4.69) is 19.9 Å². The van der Waals surface area contributed by atoms with Crippen LogP contribution in [0.1, 0.15) is 12.8 Å². The van der Waals surface area contributed by atoms with Crippen LogP contribution in [0.3, 0.4) is 0 Å². The van der Waals surface area contributed by atoms with E-state index in [1.54, 1.807) is 6.20 Å². The first kappa shape index (κ1) is 13.6. The van der Waals surface area contributed by atoms with Crippen molar-refractivity contribution in [2.24, 2.45) is 0 Å². The molecule has 0 unspecified atom stereocenters. The molecule has 7 nitrogen and oxygen atoms in total. The number of halogens is 3. The van der Waals surface area contributed by atoms with Gasteiger partial charge in [-0.1, -0.05) is 0 Å². The van der Waals surface area contributed by atoms with Crippen LogP contribution in [0.25, 0.3) is 5.95 Å². The van der Waals surface area contributed by atoms with Crippen LogP contribution in [-0.2, 0) is 0 Å². The van der Waals surface area contributed by atoms with Crippen molar-refractivity contribution >= 4 is 11.9 Å². The molecule has 112 valence electrons. The molecule has 2 N–H and O–H groups in total. The molecule has 0 aliphatic heterocycles. The maximum Gasteiger partial charge on any atom is 0.406 e. The van der Waals surface area contributed by atoms with E-state index in [1.807, 2.05) is 0 Å². The fourth-order valence-electron chi connectivity index (χ4n) is 1.93. The first-order valence-corrected chi connectivity index (χ1v) is 6.26. The van der Waals surface area contributed by atoms with Gasteiger partial charge in [-0.3, -0.25) is 4.57 Å². The second-order valence-corrected chi connectivity index (χ2v) is 4.74. The van der Waals surface area contributed by atoms with Crippen molar-refractivity contribution in [3.63, 3.8) is 0 Å². The summed E-state index contributed by atoms with van der Waals surface area (Å²) in [6.07, 6.45) is 1.55. The highest BCUT2D eigenvalue weighted by atomic mass is 19.4. The van der Waals surface area contributed by atoms with Gasteiger partial charge < -0.3 is 10.6 Å². The maximum atomic E-state index is 12.7. The lowest BCUT2D eigenvalue weighted by Crippen LogP contribution is -2.37. The number of nitrogens with two attached hydrogens (primary N) is 1. The van der Waals surface area contributed by atoms with Gasteiger partial charge in [-0.15, -0.1) is 0 Å². The Balaban J connectivity index is 1.96. The van der Waals surface area contributed by atoms with Crippen LogP contribution in [0.4, 0.5) is 25.1 Å². The second-order valence-electron chi connectivity index (χ2n) is 4.74. The number of hydrogen-bond acceptors (Lipinski definition) is 6. The summed E-state index contributed by atoms with van der Waals surface area (Å²) in [5, 5.41) is 0. The van der Waals surface area contributed by atoms with E-state index in [9.17, 15) is 13.2 Å². The fourth-order valence-corrected chi connectivity index (χ4v) is 1.93. The SMILES string of the molecule is Nc1nc(N(CC(F)(F)F)C2CC2)nc(-n2ccnc2)n1. The minimum atomic E-state index is -4.33. The molecule has 0 atom stereocenters. The van der Waals surface area contributed by atoms with E-state index >= 15 is 0 Å². The third-order valence-corrected chi connectivity index (χ3v) is 2.96. The molecule has 10 heteroatoms. The van der Waals surface area contributed by atoms with Gasteiger partial charge >= 0.3 is 6.18 Å². The van der Waals surface area contributed by atoms with Crippen LogP contribution < -0.4 is 10.6 Å². The molecule has 3 rings (SSSR count). The van der Waals surface area contributed by atoms with Crippen LogP contribution in [-0.4, -0.2) is 43.3 Å². The van der Waals surface area contributed by atoms with Crippen molar-refractivity contribution in [3.8, 4) is 5.95 Å². The first-order valence-electron chi connectivity index (χ1n) is 6.26. The van der Waals surface area contributed by atoms with Gasteiger partial charge in [-0.25, -0.2) is 4.98 Å². The summed E-state index contributed by atoms with van der Waals surface area (Å²) in [6.45, 7) is -1.11. The summed E-state index contributed by atoms with van der Waals surface area (Å²) in [5.41, 5.74) is 5.58. The number of nitrogens with zero attached hydrogens (tertiary/aromatic N) is 6. The predicted octanol–water partition coefficient (Wildman–Crippen LogP) is 1.17. The van der Waals surface area contributed by atoms with Gasteiger partial charge in [0.15, 0.2) is 0 Å². The normalized spacial score (nSPS) is 15.2. The van der Waals surface area contributed by atoms with Crippen molar-refractivity contribution in [2.45, 2.75) is 25.1 Å². The summed E-state index contributed by atoms with van der Waals surface area (Å²) >= 11 is 0. The Labute approximate surface area is 117 Å². The highest BCUT2D eigenvalue weighted by Gasteiger charge is 2.39. The average molecular weight is 299 g/mol. The number of nitrogen functional groups attached to an aromatic ring is 1. The molecule has 1 fully saturated rings. The zero-order valence-corrected chi connectivity index (χ0v) is 10.8. The first-order chi connectivity index (χ1) is 9.92. The van der Waals surface area contributed by atoms with E-state index in [-0.39, 0.29) is 23.9 Å². The molecular weight excluding hydrogens is 287 g/mol.